The second kappa shape index (κ2) is 8.09. The summed E-state index contributed by atoms with van der Waals surface area (Å²) in [7, 11) is 0. The van der Waals surface area contributed by atoms with Gasteiger partial charge in [-0.05, 0) is 73.1 Å². The van der Waals surface area contributed by atoms with Crippen LogP contribution in [0.25, 0.3) is 11.1 Å². The Hall–Kier alpha value is -2.16. The van der Waals surface area contributed by atoms with Crippen LogP contribution < -0.4 is 0 Å². The molecule has 0 aromatic heterocycles. The van der Waals surface area contributed by atoms with Crippen LogP contribution in [0.15, 0.2) is 30.3 Å². The number of rotatable bonds is 6. The fourth-order valence-corrected chi connectivity index (χ4v) is 3.20. The van der Waals surface area contributed by atoms with E-state index in [1.54, 1.807) is 13.0 Å². The average Bonchev–Trinajstić information content (AvgIpc) is 2.53. The molecule has 0 amide bonds. The zero-order chi connectivity index (χ0) is 17.7. The zero-order valence-electron chi connectivity index (χ0n) is 14.9. The lowest BCUT2D eigenvalue weighted by Crippen LogP contribution is -2.07. The van der Waals surface area contributed by atoms with Gasteiger partial charge in [0, 0.05) is 6.42 Å². The Bertz CT molecular complexity index is 715. The van der Waals surface area contributed by atoms with Crippen molar-refractivity contribution in [3.05, 3.63) is 58.4 Å². The van der Waals surface area contributed by atoms with Crippen LogP contribution in [-0.4, -0.2) is 12.6 Å². The molecule has 3 heteroatoms. The summed E-state index contributed by atoms with van der Waals surface area (Å²) in [5.74, 6) is -0.436. The molecule has 128 valence electrons. The molecular formula is C21H25FO2. The number of halogens is 1. The van der Waals surface area contributed by atoms with Crippen LogP contribution in [0.2, 0.25) is 0 Å². The molecule has 2 aromatic rings. The Labute approximate surface area is 143 Å². The molecule has 0 saturated carbocycles. The van der Waals surface area contributed by atoms with Crippen molar-refractivity contribution in [1.82, 2.24) is 0 Å². The average molecular weight is 328 g/mol. The highest BCUT2D eigenvalue weighted by molar-refractivity contribution is 5.73. The maximum absolute atomic E-state index is 14.6. The maximum Gasteiger partial charge on any atom is 0.306 e. The summed E-state index contributed by atoms with van der Waals surface area (Å²) < 4.78 is 19.6. The van der Waals surface area contributed by atoms with Gasteiger partial charge in [0.2, 0.25) is 0 Å². The first-order chi connectivity index (χ1) is 11.5. The molecule has 0 aliphatic heterocycles. The molecule has 2 aromatic carbocycles. The molecule has 24 heavy (non-hydrogen) atoms. The summed E-state index contributed by atoms with van der Waals surface area (Å²) >= 11 is 0. The lowest BCUT2D eigenvalue weighted by molar-refractivity contribution is -0.143. The first-order valence-electron chi connectivity index (χ1n) is 8.51. The third-order valence-corrected chi connectivity index (χ3v) is 4.32. The summed E-state index contributed by atoms with van der Waals surface area (Å²) in [5.41, 5.74) is 5.76. The minimum Gasteiger partial charge on any atom is -0.466 e. The lowest BCUT2D eigenvalue weighted by atomic mass is 9.91. The maximum atomic E-state index is 14.6. The smallest absolute Gasteiger partial charge is 0.306 e. The Morgan fingerprint density at radius 1 is 1.12 bits per heavy atom. The van der Waals surface area contributed by atoms with Crippen LogP contribution in [0.5, 0.6) is 0 Å². The summed E-state index contributed by atoms with van der Waals surface area (Å²) in [6.07, 6.45) is 1.38. The van der Waals surface area contributed by atoms with E-state index in [1.807, 2.05) is 45.0 Å². The molecule has 0 heterocycles. The minimum absolute atomic E-state index is 0.198. The van der Waals surface area contributed by atoms with Gasteiger partial charge in [0.05, 0.1) is 6.61 Å². The van der Waals surface area contributed by atoms with Crippen molar-refractivity contribution in [2.24, 2.45) is 0 Å². The number of aryl methyl sites for hydroxylation is 3. The molecular weight excluding hydrogens is 303 g/mol. The predicted octanol–water partition coefficient (Wildman–Crippen LogP) is 5.17. The fraction of sp³-hybridized carbons (Fsp3) is 0.381. The van der Waals surface area contributed by atoms with Crippen LogP contribution >= 0.6 is 0 Å². The molecule has 0 atom stereocenters. The van der Waals surface area contributed by atoms with Gasteiger partial charge >= 0.3 is 5.97 Å². The van der Waals surface area contributed by atoms with Gasteiger partial charge in [-0.25, -0.2) is 4.39 Å². The molecule has 0 aliphatic carbocycles. The molecule has 0 fully saturated rings. The van der Waals surface area contributed by atoms with Gasteiger partial charge in [0.15, 0.2) is 0 Å². The summed E-state index contributed by atoms with van der Waals surface area (Å²) in [5, 5.41) is 0. The predicted molar refractivity (Wildman–Crippen MR) is 95.6 cm³/mol. The van der Waals surface area contributed by atoms with Crippen molar-refractivity contribution in [1.29, 1.82) is 0 Å². The van der Waals surface area contributed by atoms with Gasteiger partial charge < -0.3 is 4.74 Å². The minimum atomic E-state index is -0.238. The van der Waals surface area contributed by atoms with Crippen molar-refractivity contribution in [2.45, 2.75) is 47.0 Å². The van der Waals surface area contributed by atoms with E-state index in [0.717, 1.165) is 27.8 Å². The highest BCUT2D eigenvalue weighted by Crippen LogP contribution is 2.31. The number of ether oxygens (including phenoxy) is 1. The van der Waals surface area contributed by atoms with Gasteiger partial charge in [-0.15, -0.1) is 0 Å². The van der Waals surface area contributed by atoms with E-state index in [4.69, 9.17) is 4.74 Å². The summed E-state index contributed by atoms with van der Waals surface area (Å²) in [4.78, 5) is 11.6. The molecule has 0 spiro atoms. The van der Waals surface area contributed by atoms with Crippen LogP contribution in [-0.2, 0) is 22.4 Å². The number of carbonyl (C=O) groups is 1. The fourth-order valence-electron chi connectivity index (χ4n) is 3.20. The number of esters is 1. The third-order valence-electron chi connectivity index (χ3n) is 4.32. The van der Waals surface area contributed by atoms with Crippen molar-refractivity contribution >= 4 is 5.97 Å². The number of hydrogen-bond acceptors (Lipinski definition) is 2. The van der Waals surface area contributed by atoms with Crippen LogP contribution in [0.1, 0.15) is 42.5 Å². The van der Waals surface area contributed by atoms with Gasteiger partial charge in [0.25, 0.3) is 0 Å². The molecule has 0 radical (unpaired) electrons. The SMILES string of the molecule is CCOC(=O)CCc1cc(-c2c(C)cccc2C)cc(F)c1CC. The summed E-state index contributed by atoms with van der Waals surface area (Å²) in [6.45, 7) is 8.16. The normalized spacial score (nSPS) is 10.7. The van der Waals surface area contributed by atoms with Gasteiger partial charge in [0.1, 0.15) is 5.82 Å². The number of hydrogen-bond donors (Lipinski definition) is 0. The molecule has 0 aliphatic rings. The van der Waals surface area contributed by atoms with E-state index in [0.29, 0.717) is 25.0 Å². The highest BCUT2D eigenvalue weighted by Gasteiger charge is 2.14. The molecule has 0 bridgehead atoms. The van der Waals surface area contributed by atoms with Crippen LogP contribution in [0, 0.1) is 19.7 Å². The van der Waals surface area contributed by atoms with E-state index in [1.165, 1.54) is 0 Å². The molecule has 0 unspecified atom stereocenters. The van der Waals surface area contributed by atoms with E-state index in [2.05, 4.69) is 0 Å². The molecule has 2 rings (SSSR count). The standard InChI is InChI=1S/C21H25FO2/c1-5-18-16(10-11-20(23)24-6-2)12-17(13-19(18)22)21-14(3)8-7-9-15(21)4/h7-9,12-13H,5-6,10-11H2,1-4H3. The van der Waals surface area contributed by atoms with E-state index >= 15 is 0 Å². The molecule has 0 N–H and O–H groups in total. The second-order valence-corrected chi connectivity index (χ2v) is 6.02. The summed E-state index contributed by atoms with van der Waals surface area (Å²) in [6, 6.07) is 9.71. The lowest BCUT2D eigenvalue weighted by Gasteiger charge is -2.15. The van der Waals surface area contributed by atoms with Gasteiger partial charge in [-0.2, -0.15) is 0 Å². The quantitative estimate of drug-likeness (QED) is 0.684. The first-order valence-corrected chi connectivity index (χ1v) is 8.51. The van der Waals surface area contributed by atoms with E-state index in [9.17, 15) is 9.18 Å². The largest absolute Gasteiger partial charge is 0.466 e. The molecule has 0 saturated heterocycles. The van der Waals surface area contributed by atoms with Crippen molar-refractivity contribution < 1.29 is 13.9 Å². The highest BCUT2D eigenvalue weighted by atomic mass is 19.1. The van der Waals surface area contributed by atoms with Gasteiger partial charge in [-0.3, -0.25) is 4.79 Å². The van der Waals surface area contributed by atoms with E-state index in [-0.39, 0.29) is 18.2 Å². The first kappa shape index (κ1) is 18.2. The third kappa shape index (κ3) is 4.02. The monoisotopic (exact) mass is 328 g/mol. The van der Waals surface area contributed by atoms with Crippen molar-refractivity contribution in [2.75, 3.05) is 6.61 Å². The Morgan fingerprint density at radius 3 is 2.38 bits per heavy atom. The zero-order valence-corrected chi connectivity index (χ0v) is 14.9. The molecule has 2 nitrogen and oxygen atoms in total. The van der Waals surface area contributed by atoms with Crippen molar-refractivity contribution in [3.63, 3.8) is 0 Å². The van der Waals surface area contributed by atoms with E-state index < -0.39 is 0 Å². The Kier molecular flexibility index (Phi) is 6.13. The van der Waals surface area contributed by atoms with Crippen LogP contribution in [0.4, 0.5) is 4.39 Å². The van der Waals surface area contributed by atoms with Crippen LogP contribution in [0.3, 0.4) is 0 Å². The van der Waals surface area contributed by atoms with Crippen molar-refractivity contribution in [3.8, 4) is 11.1 Å². The topological polar surface area (TPSA) is 26.3 Å². The Balaban J connectivity index is 2.43. The Morgan fingerprint density at radius 2 is 1.79 bits per heavy atom. The number of carbonyl (C=O) groups excluding carboxylic acids is 1. The van der Waals surface area contributed by atoms with Gasteiger partial charge in [-0.1, -0.05) is 31.2 Å². The number of benzene rings is 2. The second-order valence-electron chi connectivity index (χ2n) is 6.02.